The number of rotatable bonds is 11. The first-order chi connectivity index (χ1) is 16.8. The van der Waals surface area contributed by atoms with E-state index in [1.165, 1.54) is 75.5 Å². The lowest BCUT2D eigenvalue weighted by molar-refractivity contribution is 0.544. The third-order valence-corrected chi connectivity index (χ3v) is 15.0. The molecule has 0 nitrogen and oxygen atoms in total. The zero-order valence-electron chi connectivity index (χ0n) is 21.1. The predicted octanol–water partition coefficient (Wildman–Crippen LogP) is 7.19. The van der Waals surface area contributed by atoms with Crippen molar-refractivity contribution in [1.29, 1.82) is 0 Å². The van der Waals surface area contributed by atoms with Gasteiger partial charge in [0.05, 0.1) is 0 Å². The molecule has 0 aliphatic heterocycles. The van der Waals surface area contributed by atoms with Gasteiger partial charge in [-0.15, -0.1) is 0 Å². The Morgan fingerprint density at radius 3 is 2.35 bits per heavy atom. The van der Waals surface area contributed by atoms with Crippen LogP contribution in [-0.4, -0.2) is 8.07 Å². The fourth-order valence-corrected chi connectivity index (χ4v) is 14.0. The molecular weight excluding hydrogens is 424 g/mol. The molecule has 0 spiro atoms. The fraction of sp³-hybridized carbons (Fsp3) is 0.455. The van der Waals surface area contributed by atoms with E-state index in [1.54, 1.807) is 10.4 Å². The highest BCUT2D eigenvalue weighted by Gasteiger charge is 2.52. The van der Waals surface area contributed by atoms with E-state index in [1.807, 2.05) is 5.20 Å². The Bertz CT molecular complexity index is 1120. The third kappa shape index (κ3) is 4.56. The van der Waals surface area contributed by atoms with Gasteiger partial charge in [0.25, 0.3) is 0 Å². The molecule has 0 saturated heterocycles. The van der Waals surface area contributed by atoms with Crippen molar-refractivity contribution in [2.45, 2.75) is 82.7 Å². The summed E-state index contributed by atoms with van der Waals surface area (Å²) < 4.78 is 0. The van der Waals surface area contributed by atoms with Crippen molar-refractivity contribution in [3.05, 3.63) is 89.3 Å². The number of benzene rings is 2. The minimum atomic E-state index is -1.94. The first-order valence-electron chi connectivity index (χ1n) is 14.0. The van der Waals surface area contributed by atoms with Gasteiger partial charge in [-0.25, -0.2) is 0 Å². The van der Waals surface area contributed by atoms with Crippen molar-refractivity contribution >= 4 is 24.5 Å². The second-order valence-corrected chi connectivity index (χ2v) is 15.2. The Morgan fingerprint density at radius 2 is 1.50 bits per heavy atom. The lowest BCUT2D eigenvalue weighted by Crippen LogP contribution is -2.56. The van der Waals surface area contributed by atoms with Gasteiger partial charge in [0.2, 0.25) is 0 Å². The Hall–Kier alpha value is -2.12. The van der Waals surface area contributed by atoms with E-state index in [2.05, 4.69) is 91.9 Å². The number of hydrogen-bond donors (Lipinski definition) is 0. The summed E-state index contributed by atoms with van der Waals surface area (Å²) in [7, 11) is -1.94. The quantitative estimate of drug-likeness (QED) is 0.243. The Kier molecular flexibility index (Phi) is 7.69. The van der Waals surface area contributed by atoms with Crippen LogP contribution in [-0.2, 0) is 0 Å². The van der Waals surface area contributed by atoms with Crippen LogP contribution in [0.3, 0.4) is 0 Å². The zero-order valence-corrected chi connectivity index (χ0v) is 22.1. The number of hydrogen-bond acceptors (Lipinski definition) is 0. The van der Waals surface area contributed by atoms with Crippen LogP contribution in [0.1, 0.15) is 71.1 Å². The van der Waals surface area contributed by atoms with Gasteiger partial charge in [-0.3, -0.25) is 0 Å². The van der Waals surface area contributed by atoms with Crippen LogP contribution in [0, 0.1) is 11.8 Å². The first-order valence-corrected chi connectivity index (χ1v) is 16.3. The summed E-state index contributed by atoms with van der Waals surface area (Å²) in [5.41, 5.74) is 0.816. The summed E-state index contributed by atoms with van der Waals surface area (Å²) >= 11 is 0. The number of allylic oxidation sites excluding steroid dienone is 4. The molecule has 2 aromatic rings. The molecule has 3 aliphatic rings. The van der Waals surface area contributed by atoms with Crippen LogP contribution < -0.4 is 15.6 Å². The summed E-state index contributed by atoms with van der Waals surface area (Å²) in [6.07, 6.45) is 26.0. The first kappa shape index (κ1) is 23.6. The highest BCUT2D eigenvalue weighted by Crippen LogP contribution is 2.53. The average molecular weight is 467 g/mol. The zero-order chi connectivity index (χ0) is 23.2. The molecule has 0 aromatic heterocycles. The van der Waals surface area contributed by atoms with Gasteiger partial charge < -0.3 is 0 Å². The Balaban J connectivity index is 1.56. The van der Waals surface area contributed by atoms with E-state index >= 15 is 0 Å². The van der Waals surface area contributed by atoms with Crippen molar-refractivity contribution in [2.75, 3.05) is 0 Å². The molecular formula is C33H42Si. The van der Waals surface area contributed by atoms with Gasteiger partial charge in [0.1, 0.15) is 8.07 Å². The maximum absolute atomic E-state index is 2.59. The molecule has 0 amide bonds. The van der Waals surface area contributed by atoms with E-state index < -0.39 is 8.07 Å². The van der Waals surface area contributed by atoms with Crippen LogP contribution in [0.4, 0.5) is 0 Å². The van der Waals surface area contributed by atoms with Crippen molar-refractivity contribution in [3.8, 4) is 0 Å². The molecule has 2 aromatic carbocycles. The molecule has 1 heteroatoms. The van der Waals surface area contributed by atoms with Gasteiger partial charge in [-0.2, -0.15) is 0 Å². The van der Waals surface area contributed by atoms with Gasteiger partial charge in [-0.05, 0) is 46.7 Å². The molecule has 3 aliphatic carbocycles. The predicted molar refractivity (Wildman–Crippen MR) is 151 cm³/mol. The van der Waals surface area contributed by atoms with E-state index in [0.29, 0.717) is 0 Å². The SMILES string of the molecule is CCCCCCCCC[Si](C1=c2ccccc2=CC1)(c1ccccc1)C1CCC2C=CC=CC21. The third-order valence-electron chi connectivity index (χ3n) is 9.02. The largest absolute Gasteiger partial charge is 0.118 e. The van der Waals surface area contributed by atoms with Crippen LogP contribution in [0.5, 0.6) is 0 Å². The number of fused-ring (bicyclic) bond motifs is 2. The summed E-state index contributed by atoms with van der Waals surface area (Å²) in [6.45, 7) is 2.32. The van der Waals surface area contributed by atoms with Gasteiger partial charge in [-0.1, -0.05) is 154 Å². The summed E-state index contributed by atoms with van der Waals surface area (Å²) in [6, 6.07) is 22.6. The second-order valence-electron chi connectivity index (χ2n) is 10.9. The maximum atomic E-state index is 2.59. The smallest absolute Gasteiger partial charge is 0.0808 e. The van der Waals surface area contributed by atoms with Gasteiger partial charge in [0.15, 0.2) is 0 Å². The topological polar surface area (TPSA) is 0 Å². The Morgan fingerprint density at radius 1 is 0.765 bits per heavy atom. The molecule has 0 bridgehead atoms. The van der Waals surface area contributed by atoms with Crippen molar-refractivity contribution in [3.63, 3.8) is 0 Å². The van der Waals surface area contributed by atoms with Crippen molar-refractivity contribution in [1.82, 2.24) is 0 Å². The minimum Gasteiger partial charge on any atom is -0.0808 e. The van der Waals surface area contributed by atoms with Crippen LogP contribution >= 0.6 is 0 Å². The summed E-state index contributed by atoms with van der Waals surface area (Å²) in [5, 5.41) is 6.61. The maximum Gasteiger partial charge on any atom is 0.118 e. The van der Waals surface area contributed by atoms with Gasteiger partial charge in [0, 0.05) is 0 Å². The molecule has 0 radical (unpaired) electrons. The minimum absolute atomic E-state index is 0.724. The number of unbranched alkanes of at least 4 members (excludes halogenated alkanes) is 6. The van der Waals surface area contributed by atoms with E-state index in [9.17, 15) is 0 Å². The monoisotopic (exact) mass is 466 g/mol. The molecule has 34 heavy (non-hydrogen) atoms. The van der Waals surface area contributed by atoms with E-state index in [0.717, 1.165) is 17.4 Å². The lowest BCUT2D eigenvalue weighted by atomic mass is 9.92. The average Bonchev–Trinajstić information content (AvgIpc) is 3.52. The summed E-state index contributed by atoms with van der Waals surface area (Å²) in [5.74, 6) is 1.47. The highest BCUT2D eigenvalue weighted by molar-refractivity contribution is 7.06. The molecule has 0 heterocycles. The molecule has 4 atom stereocenters. The molecule has 0 N–H and O–H groups in total. The van der Waals surface area contributed by atoms with Crippen LogP contribution in [0.25, 0.3) is 11.3 Å². The summed E-state index contributed by atoms with van der Waals surface area (Å²) in [4.78, 5) is 0. The molecule has 1 saturated carbocycles. The van der Waals surface area contributed by atoms with E-state index in [-0.39, 0.29) is 0 Å². The lowest BCUT2D eigenvalue weighted by Gasteiger charge is -2.43. The molecule has 178 valence electrons. The van der Waals surface area contributed by atoms with Gasteiger partial charge >= 0.3 is 0 Å². The van der Waals surface area contributed by atoms with Crippen molar-refractivity contribution in [2.24, 2.45) is 11.8 Å². The molecule has 4 unspecified atom stereocenters. The normalized spacial score (nSPS) is 24.5. The molecule has 5 rings (SSSR count). The Labute approximate surface area is 208 Å². The van der Waals surface area contributed by atoms with Crippen LogP contribution in [0.2, 0.25) is 11.6 Å². The van der Waals surface area contributed by atoms with Crippen molar-refractivity contribution < 1.29 is 0 Å². The fourth-order valence-electron chi connectivity index (χ4n) is 7.41. The van der Waals surface area contributed by atoms with E-state index in [4.69, 9.17) is 0 Å². The van der Waals surface area contributed by atoms with Crippen LogP contribution in [0.15, 0.2) is 78.9 Å². The molecule has 1 fully saturated rings. The second kappa shape index (κ2) is 11.1. The standard InChI is InChI=1S/C33H42Si/c1-2-3-4-5-6-7-15-26-34(29-18-9-8-10-19-29,32-24-22-27-16-11-13-20-30(27)32)33-25-23-28-17-12-14-21-31(28)33/h8-14,16-22,28,31,33H,2-7,15,23-26H2,1H3. The highest BCUT2D eigenvalue weighted by atomic mass is 28.3.